The van der Waals surface area contributed by atoms with Crippen LogP contribution in [0.15, 0.2) is 0 Å². The van der Waals surface area contributed by atoms with Crippen molar-refractivity contribution in [2.45, 2.75) is 43.6 Å². The van der Waals surface area contributed by atoms with Crippen LogP contribution in [0, 0.1) is 17.3 Å². The van der Waals surface area contributed by atoms with Crippen molar-refractivity contribution in [2.75, 3.05) is 0 Å². The number of hydrogen-bond donors (Lipinski definition) is 2. The molecular formula is C10H18S2. The van der Waals surface area contributed by atoms with Crippen LogP contribution in [0.3, 0.4) is 0 Å². The van der Waals surface area contributed by atoms with Crippen LogP contribution >= 0.6 is 25.3 Å². The molecule has 3 aliphatic carbocycles. The molecule has 0 nitrogen and oxygen atoms in total. The van der Waals surface area contributed by atoms with E-state index < -0.39 is 0 Å². The molecule has 70 valence electrons. The molecule has 4 atom stereocenters. The molecule has 3 fully saturated rings. The van der Waals surface area contributed by atoms with Crippen LogP contribution in [0.2, 0.25) is 0 Å². The minimum atomic E-state index is 0.173. The van der Waals surface area contributed by atoms with Gasteiger partial charge in [0.1, 0.15) is 0 Å². The average molecular weight is 202 g/mol. The maximum atomic E-state index is 4.71. The van der Waals surface area contributed by atoms with E-state index in [1.165, 1.54) is 12.8 Å². The first-order valence-electron chi connectivity index (χ1n) is 4.76. The van der Waals surface area contributed by atoms with Crippen molar-refractivity contribution in [1.82, 2.24) is 0 Å². The van der Waals surface area contributed by atoms with Gasteiger partial charge in [0.15, 0.2) is 0 Å². The van der Waals surface area contributed by atoms with Crippen LogP contribution in [0.25, 0.3) is 0 Å². The molecule has 2 bridgehead atoms. The van der Waals surface area contributed by atoms with Crippen molar-refractivity contribution in [3.63, 3.8) is 0 Å². The van der Waals surface area contributed by atoms with Crippen molar-refractivity contribution >= 4 is 25.3 Å². The van der Waals surface area contributed by atoms with Crippen LogP contribution in [0.5, 0.6) is 0 Å². The fourth-order valence-electron chi connectivity index (χ4n) is 2.99. The third kappa shape index (κ3) is 1.00. The van der Waals surface area contributed by atoms with E-state index in [1.54, 1.807) is 0 Å². The normalized spacial score (nSPS) is 56.2. The molecule has 3 saturated carbocycles. The Morgan fingerprint density at radius 3 is 2.17 bits per heavy atom. The second-order valence-corrected chi connectivity index (χ2v) is 6.94. The van der Waals surface area contributed by atoms with Gasteiger partial charge in [-0.15, -0.1) is 0 Å². The maximum absolute atomic E-state index is 4.71. The molecule has 0 N–H and O–H groups in total. The van der Waals surface area contributed by atoms with Gasteiger partial charge >= 0.3 is 0 Å². The lowest BCUT2D eigenvalue weighted by Gasteiger charge is -2.64. The second kappa shape index (κ2) is 2.38. The van der Waals surface area contributed by atoms with E-state index in [0.717, 1.165) is 11.8 Å². The van der Waals surface area contributed by atoms with Crippen LogP contribution in [-0.2, 0) is 0 Å². The van der Waals surface area contributed by atoms with Crippen LogP contribution in [-0.4, -0.2) is 10.00 Å². The first kappa shape index (κ1) is 9.26. The molecule has 0 spiro atoms. The molecule has 0 aliphatic heterocycles. The Hall–Kier alpha value is 0.700. The highest BCUT2D eigenvalue weighted by molar-refractivity contribution is 7.85. The molecule has 0 radical (unpaired) electrons. The summed E-state index contributed by atoms with van der Waals surface area (Å²) < 4.78 is 0.173. The lowest BCUT2D eigenvalue weighted by molar-refractivity contribution is -0.0709. The summed E-state index contributed by atoms with van der Waals surface area (Å²) in [6, 6.07) is 0. The monoisotopic (exact) mass is 202 g/mol. The van der Waals surface area contributed by atoms with Gasteiger partial charge in [0.05, 0.1) is 0 Å². The van der Waals surface area contributed by atoms with Crippen LogP contribution in [0.1, 0.15) is 33.6 Å². The Labute approximate surface area is 86.3 Å². The average Bonchev–Trinajstić information content (AvgIpc) is 1.93. The third-order valence-electron chi connectivity index (χ3n) is 4.22. The number of hydrogen-bond acceptors (Lipinski definition) is 2. The fraction of sp³-hybridized carbons (Fsp3) is 1.00. The standard InChI is InChI=1S/C10H18S2/c1-9(2)6-4-7(9)8(11)10(3,12)5-6/h6-8,11-12H,4-5H2,1-3H3/t6-,7+,8+,10+/m1/s1. The summed E-state index contributed by atoms with van der Waals surface area (Å²) in [5.74, 6) is 1.69. The van der Waals surface area contributed by atoms with E-state index in [4.69, 9.17) is 25.3 Å². The van der Waals surface area contributed by atoms with E-state index in [-0.39, 0.29) is 4.75 Å². The fourth-order valence-corrected chi connectivity index (χ4v) is 4.00. The predicted octanol–water partition coefficient (Wildman–Crippen LogP) is 3.04. The Bertz CT molecular complexity index is 200. The summed E-state index contributed by atoms with van der Waals surface area (Å²) in [6.45, 7) is 7.01. The highest BCUT2D eigenvalue weighted by Gasteiger charge is 2.59. The van der Waals surface area contributed by atoms with Crippen molar-refractivity contribution in [2.24, 2.45) is 17.3 Å². The summed E-state index contributed by atoms with van der Waals surface area (Å²) in [6.07, 6.45) is 2.63. The van der Waals surface area contributed by atoms with Gasteiger partial charge in [-0.3, -0.25) is 0 Å². The van der Waals surface area contributed by atoms with Crippen molar-refractivity contribution < 1.29 is 0 Å². The molecule has 0 saturated heterocycles. The van der Waals surface area contributed by atoms with Gasteiger partial charge in [0, 0.05) is 10.00 Å². The van der Waals surface area contributed by atoms with Gasteiger partial charge < -0.3 is 0 Å². The lowest BCUT2D eigenvalue weighted by atomic mass is 9.46. The SMILES string of the molecule is CC1(C)[C@@H]2C[C@H]1[C@H](S)[C@@](C)(S)C2. The molecule has 0 heterocycles. The van der Waals surface area contributed by atoms with E-state index in [2.05, 4.69) is 20.8 Å². The largest absolute Gasteiger partial charge is 0.174 e. The first-order chi connectivity index (χ1) is 5.36. The van der Waals surface area contributed by atoms with Gasteiger partial charge in [-0.05, 0) is 37.0 Å². The molecule has 0 aromatic heterocycles. The lowest BCUT2D eigenvalue weighted by Crippen LogP contribution is -2.61. The number of rotatable bonds is 0. The van der Waals surface area contributed by atoms with Gasteiger partial charge in [-0.2, -0.15) is 25.3 Å². The quantitative estimate of drug-likeness (QED) is 0.554. The van der Waals surface area contributed by atoms with Crippen LogP contribution in [0.4, 0.5) is 0 Å². The van der Waals surface area contributed by atoms with E-state index >= 15 is 0 Å². The molecule has 0 aromatic carbocycles. The van der Waals surface area contributed by atoms with Gasteiger partial charge in [-0.1, -0.05) is 13.8 Å². The van der Waals surface area contributed by atoms with Gasteiger partial charge in [0.25, 0.3) is 0 Å². The Morgan fingerprint density at radius 1 is 1.25 bits per heavy atom. The molecule has 3 aliphatic rings. The van der Waals surface area contributed by atoms with E-state index in [9.17, 15) is 0 Å². The zero-order valence-corrected chi connectivity index (χ0v) is 9.83. The molecular weight excluding hydrogens is 184 g/mol. The second-order valence-electron chi connectivity index (χ2n) is 5.37. The highest BCUT2D eigenvalue weighted by Crippen LogP contribution is 2.64. The van der Waals surface area contributed by atoms with Gasteiger partial charge in [-0.25, -0.2) is 0 Å². The summed E-state index contributed by atoms with van der Waals surface area (Å²) in [5, 5.41) is 0.487. The predicted molar refractivity (Wildman–Crippen MR) is 60.2 cm³/mol. The highest BCUT2D eigenvalue weighted by atomic mass is 32.1. The zero-order chi connectivity index (χ0) is 9.15. The maximum Gasteiger partial charge on any atom is 0.0223 e. The minimum Gasteiger partial charge on any atom is -0.174 e. The summed E-state index contributed by atoms with van der Waals surface area (Å²) >= 11 is 9.42. The Kier molecular flexibility index (Phi) is 1.84. The van der Waals surface area contributed by atoms with Gasteiger partial charge in [0.2, 0.25) is 0 Å². The van der Waals surface area contributed by atoms with Crippen LogP contribution < -0.4 is 0 Å². The van der Waals surface area contributed by atoms with Crippen molar-refractivity contribution in [1.29, 1.82) is 0 Å². The minimum absolute atomic E-state index is 0.173. The number of thiol groups is 2. The zero-order valence-electron chi connectivity index (χ0n) is 8.04. The molecule has 2 heteroatoms. The van der Waals surface area contributed by atoms with Crippen molar-refractivity contribution in [3.05, 3.63) is 0 Å². The first-order valence-corrected chi connectivity index (χ1v) is 5.72. The van der Waals surface area contributed by atoms with Crippen molar-refractivity contribution in [3.8, 4) is 0 Å². The molecule has 0 aromatic rings. The molecule has 3 rings (SSSR count). The summed E-state index contributed by atoms with van der Waals surface area (Å²) in [4.78, 5) is 0. The molecule has 0 amide bonds. The van der Waals surface area contributed by atoms with E-state index in [1.807, 2.05) is 0 Å². The summed E-state index contributed by atoms with van der Waals surface area (Å²) in [5.41, 5.74) is 0.536. The molecule has 12 heavy (non-hydrogen) atoms. The molecule has 0 unspecified atom stereocenters. The smallest absolute Gasteiger partial charge is 0.0223 e. The van der Waals surface area contributed by atoms with E-state index in [0.29, 0.717) is 10.7 Å². The third-order valence-corrected chi connectivity index (χ3v) is 5.82. The topological polar surface area (TPSA) is 0 Å². The Morgan fingerprint density at radius 2 is 1.83 bits per heavy atom. The summed E-state index contributed by atoms with van der Waals surface area (Å²) in [7, 11) is 0. The Balaban J connectivity index is 2.23. The number of fused-ring (bicyclic) bond motifs is 2.